The highest BCUT2D eigenvalue weighted by atomic mass is 16.3. The predicted octanol–water partition coefficient (Wildman–Crippen LogP) is 3.23. The molecule has 118 valence electrons. The molecule has 1 amide bonds. The number of furan rings is 1. The van der Waals surface area contributed by atoms with Gasteiger partial charge >= 0.3 is 0 Å². The lowest BCUT2D eigenvalue weighted by Gasteiger charge is -2.28. The molecule has 0 aliphatic carbocycles. The van der Waals surface area contributed by atoms with Crippen molar-refractivity contribution in [3.63, 3.8) is 0 Å². The zero-order valence-electron chi connectivity index (χ0n) is 13.7. The van der Waals surface area contributed by atoms with Crippen molar-refractivity contribution in [3.8, 4) is 0 Å². The third-order valence-corrected chi connectivity index (χ3v) is 4.65. The third kappa shape index (κ3) is 2.63. The molecule has 2 heterocycles. The number of benzene rings is 1. The number of hydrogen-bond acceptors (Lipinski definition) is 3. The Balaban J connectivity index is 1.90. The summed E-state index contributed by atoms with van der Waals surface area (Å²) in [5.74, 6) is 0.366. The Kier molecular flexibility index (Phi) is 3.96. The average molecular weight is 300 g/mol. The normalized spacial score (nSPS) is 22.0. The first-order valence-corrected chi connectivity index (χ1v) is 8.01. The molecule has 3 rings (SSSR count). The van der Waals surface area contributed by atoms with Crippen molar-refractivity contribution in [1.82, 2.24) is 10.6 Å². The lowest BCUT2D eigenvalue weighted by Crippen LogP contribution is -2.46. The summed E-state index contributed by atoms with van der Waals surface area (Å²) in [7, 11) is 0. The number of rotatable bonds is 2. The molecule has 1 saturated heterocycles. The smallest absolute Gasteiger partial charge is 0.287 e. The lowest BCUT2D eigenvalue weighted by atomic mass is 10.00. The first-order valence-electron chi connectivity index (χ1n) is 8.01. The Morgan fingerprint density at radius 1 is 1.27 bits per heavy atom. The van der Waals surface area contributed by atoms with E-state index in [1.165, 1.54) is 0 Å². The van der Waals surface area contributed by atoms with Crippen LogP contribution in [0.4, 0.5) is 0 Å². The summed E-state index contributed by atoms with van der Waals surface area (Å²) in [6.45, 7) is 9.14. The SMILES string of the molecule is Cc1ccc(C)c2c(C)c(C(=O)NC3CCNC(C)C3)oc12. The van der Waals surface area contributed by atoms with E-state index in [4.69, 9.17) is 4.42 Å². The van der Waals surface area contributed by atoms with Crippen molar-refractivity contribution in [2.75, 3.05) is 6.54 Å². The Hall–Kier alpha value is -1.81. The second-order valence-electron chi connectivity index (χ2n) is 6.51. The van der Waals surface area contributed by atoms with E-state index in [9.17, 15) is 4.79 Å². The molecular weight excluding hydrogens is 276 g/mol. The number of fused-ring (bicyclic) bond motifs is 1. The van der Waals surface area contributed by atoms with Gasteiger partial charge in [0.15, 0.2) is 5.76 Å². The maximum atomic E-state index is 12.6. The Bertz CT molecular complexity index is 717. The number of carbonyl (C=O) groups is 1. The molecule has 1 fully saturated rings. The first kappa shape index (κ1) is 15.1. The summed E-state index contributed by atoms with van der Waals surface area (Å²) in [6.07, 6.45) is 1.93. The van der Waals surface area contributed by atoms with Crippen LogP contribution in [0.2, 0.25) is 0 Å². The molecule has 0 saturated carbocycles. The van der Waals surface area contributed by atoms with Gasteiger partial charge in [0.1, 0.15) is 5.58 Å². The van der Waals surface area contributed by atoms with Crippen LogP contribution in [0.5, 0.6) is 0 Å². The van der Waals surface area contributed by atoms with E-state index in [-0.39, 0.29) is 11.9 Å². The molecule has 2 aromatic rings. The van der Waals surface area contributed by atoms with E-state index >= 15 is 0 Å². The number of aryl methyl sites for hydroxylation is 3. The van der Waals surface area contributed by atoms with E-state index in [1.54, 1.807) is 0 Å². The average Bonchev–Trinajstić information content (AvgIpc) is 2.82. The summed E-state index contributed by atoms with van der Waals surface area (Å²) >= 11 is 0. The van der Waals surface area contributed by atoms with E-state index in [0.717, 1.165) is 47.0 Å². The predicted molar refractivity (Wildman–Crippen MR) is 88.4 cm³/mol. The topological polar surface area (TPSA) is 54.3 Å². The minimum atomic E-state index is -0.0911. The van der Waals surface area contributed by atoms with Crippen molar-refractivity contribution in [3.05, 3.63) is 34.6 Å². The molecule has 1 aromatic carbocycles. The summed E-state index contributed by atoms with van der Waals surface area (Å²) in [5, 5.41) is 7.60. The molecule has 1 aromatic heterocycles. The van der Waals surface area contributed by atoms with Gasteiger partial charge in [-0.25, -0.2) is 0 Å². The van der Waals surface area contributed by atoms with Crippen LogP contribution in [0.3, 0.4) is 0 Å². The molecule has 0 radical (unpaired) electrons. The van der Waals surface area contributed by atoms with Crippen LogP contribution in [-0.4, -0.2) is 24.5 Å². The van der Waals surface area contributed by atoms with Gasteiger partial charge in [0.05, 0.1) is 0 Å². The molecule has 1 aliphatic rings. The lowest BCUT2D eigenvalue weighted by molar-refractivity contribution is 0.0899. The van der Waals surface area contributed by atoms with E-state index in [2.05, 4.69) is 30.5 Å². The zero-order chi connectivity index (χ0) is 15.9. The molecule has 0 bridgehead atoms. The molecule has 22 heavy (non-hydrogen) atoms. The maximum Gasteiger partial charge on any atom is 0.287 e. The second-order valence-corrected chi connectivity index (χ2v) is 6.51. The van der Waals surface area contributed by atoms with E-state index < -0.39 is 0 Å². The zero-order valence-corrected chi connectivity index (χ0v) is 13.7. The van der Waals surface area contributed by atoms with Gasteiger partial charge in [-0.2, -0.15) is 0 Å². The van der Waals surface area contributed by atoms with Crippen molar-refractivity contribution < 1.29 is 9.21 Å². The quantitative estimate of drug-likeness (QED) is 0.895. The van der Waals surface area contributed by atoms with Gasteiger partial charge in [0.2, 0.25) is 0 Å². The van der Waals surface area contributed by atoms with Gasteiger partial charge in [0, 0.05) is 23.0 Å². The Labute approximate surface area is 131 Å². The standard InChI is InChI=1S/C18H24N2O2/c1-10-5-6-11(2)16-15(10)13(4)17(22-16)18(21)20-14-7-8-19-12(3)9-14/h5-6,12,14,19H,7-9H2,1-4H3,(H,20,21). The third-order valence-electron chi connectivity index (χ3n) is 4.65. The van der Waals surface area contributed by atoms with Crippen LogP contribution < -0.4 is 10.6 Å². The number of carbonyl (C=O) groups excluding carboxylic acids is 1. The summed E-state index contributed by atoms with van der Waals surface area (Å²) < 4.78 is 5.91. The van der Waals surface area contributed by atoms with Crippen molar-refractivity contribution in [2.45, 2.75) is 52.6 Å². The van der Waals surface area contributed by atoms with Crippen LogP contribution in [0.1, 0.15) is 47.0 Å². The van der Waals surface area contributed by atoms with Crippen LogP contribution in [0.15, 0.2) is 16.5 Å². The van der Waals surface area contributed by atoms with E-state index in [1.807, 2.05) is 19.9 Å². The number of hydrogen-bond donors (Lipinski definition) is 2. The minimum Gasteiger partial charge on any atom is -0.450 e. The fourth-order valence-electron chi connectivity index (χ4n) is 3.41. The summed E-state index contributed by atoms with van der Waals surface area (Å²) in [5.41, 5.74) is 3.99. The number of piperidine rings is 1. The van der Waals surface area contributed by atoms with Crippen LogP contribution in [0, 0.1) is 20.8 Å². The van der Waals surface area contributed by atoms with Gasteiger partial charge in [-0.1, -0.05) is 12.1 Å². The summed E-state index contributed by atoms with van der Waals surface area (Å²) in [6, 6.07) is 4.78. The Morgan fingerprint density at radius 3 is 2.68 bits per heavy atom. The fourth-order valence-corrected chi connectivity index (χ4v) is 3.41. The molecule has 0 spiro atoms. The monoisotopic (exact) mass is 300 g/mol. The largest absolute Gasteiger partial charge is 0.450 e. The fraction of sp³-hybridized carbons (Fsp3) is 0.500. The number of nitrogens with one attached hydrogen (secondary N) is 2. The summed E-state index contributed by atoms with van der Waals surface area (Å²) in [4.78, 5) is 12.6. The highest BCUT2D eigenvalue weighted by Gasteiger charge is 2.24. The molecular formula is C18H24N2O2. The van der Waals surface area contributed by atoms with Crippen molar-refractivity contribution in [2.24, 2.45) is 0 Å². The first-order chi connectivity index (χ1) is 10.5. The molecule has 2 unspecified atom stereocenters. The molecule has 1 aliphatic heterocycles. The van der Waals surface area contributed by atoms with Crippen molar-refractivity contribution >= 4 is 16.9 Å². The molecule has 2 N–H and O–H groups in total. The van der Waals surface area contributed by atoms with Crippen LogP contribution in [-0.2, 0) is 0 Å². The van der Waals surface area contributed by atoms with Gasteiger partial charge in [-0.15, -0.1) is 0 Å². The van der Waals surface area contributed by atoms with Crippen LogP contribution in [0.25, 0.3) is 11.0 Å². The van der Waals surface area contributed by atoms with Gasteiger partial charge in [0.25, 0.3) is 5.91 Å². The van der Waals surface area contributed by atoms with Gasteiger partial charge < -0.3 is 15.1 Å². The Morgan fingerprint density at radius 2 is 2.00 bits per heavy atom. The van der Waals surface area contributed by atoms with Gasteiger partial charge in [-0.05, 0) is 58.2 Å². The van der Waals surface area contributed by atoms with Crippen LogP contribution >= 0.6 is 0 Å². The van der Waals surface area contributed by atoms with E-state index in [0.29, 0.717) is 11.8 Å². The van der Waals surface area contributed by atoms with Crippen molar-refractivity contribution in [1.29, 1.82) is 0 Å². The van der Waals surface area contributed by atoms with Gasteiger partial charge in [-0.3, -0.25) is 4.79 Å². The maximum absolute atomic E-state index is 12.6. The molecule has 4 heteroatoms. The highest BCUT2D eigenvalue weighted by molar-refractivity contribution is 6.00. The molecule has 4 nitrogen and oxygen atoms in total. The minimum absolute atomic E-state index is 0.0911. The number of amides is 1. The second kappa shape index (κ2) is 5.76. The highest BCUT2D eigenvalue weighted by Crippen LogP contribution is 2.30. The molecule has 2 atom stereocenters.